The van der Waals surface area contributed by atoms with Crippen molar-refractivity contribution < 1.29 is 71.6 Å². The lowest BCUT2D eigenvalue weighted by Gasteiger charge is -2.47. The first-order chi connectivity index (χ1) is 43.7. The molecule has 3 rings (SSSR count). The summed E-state index contributed by atoms with van der Waals surface area (Å²) in [6.07, 6.45) is 4.98. The highest BCUT2D eigenvalue weighted by Crippen LogP contribution is 2.51. The Morgan fingerprint density at radius 3 is 1.01 bits per heavy atom. The van der Waals surface area contributed by atoms with Gasteiger partial charge in [-0.3, -0.25) is 9.59 Å². The number of nitrogens with zero attached hydrogens (tertiary/aromatic N) is 3. The average Bonchev–Trinajstić information content (AvgIpc) is 0.808. The molecule has 0 aromatic rings. The number of urea groups is 1. The lowest BCUT2D eigenvalue weighted by Crippen LogP contribution is -2.57. The number of hydrogen-bond acceptors (Lipinski definition) is 15. The van der Waals surface area contributed by atoms with Gasteiger partial charge in [-0.1, -0.05) is 89.0 Å². The molecule has 22 heteroatoms. The van der Waals surface area contributed by atoms with Gasteiger partial charge in [0.25, 0.3) is 0 Å². The van der Waals surface area contributed by atoms with E-state index in [1.807, 2.05) is 69.2 Å². The smallest absolute Gasteiger partial charge is 0.407 e. The lowest BCUT2D eigenvalue weighted by molar-refractivity contribution is -0.145. The van der Waals surface area contributed by atoms with Gasteiger partial charge in [0, 0.05) is 71.9 Å². The molecule has 0 heterocycles. The number of rotatable bonds is 30. The third-order valence-electron chi connectivity index (χ3n) is 19.0. The minimum atomic E-state index is -1.21. The van der Waals surface area contributed by atoms with Crippen molar-refractivity contribution in [1.29, 1.82) is 0 Å². The van der Waals surface area contributed by atoms with Gasteiger partial charge in [0.05, 0.1) is 25.0 Å². The molecule has 3 aliphatic carbocycles. The van der Waals surface area contributed by atoms with E-state index in [9.17, 15) is 43.2 Å². The third-order valence-corrected chi connectivity index (χ3v) is 19.0. The van der Waals surface area contributed by atoms with E-state index in [0.29, 0.717) is 25.7 Å². The van der Waals surface area contributed by atoms with Crippen molar-refractivity contribution in [3.05, 3.63) is 36.5 Å². The van der Waals surface area contributed by atoms with Gasteiger partial charge in [0.15, 0.2) is 0 Å². The zero-order chi connectivity index (χ0) is 73.4. The molecule has 3 fully saturated rings. The van der Waals surface area contributed by atoms with Crippen molar-refractivity contribution in [2.24, 2.45) is 49.7 Å². The standard InChI is InChI=1S/C74H127N7O15/c1-26-74(47-94-62(88)75-44-71(23)37-53(35-68(17,18)41-71)33-56(82)79(65(8,9)10)27-30-91-58(84)50(2)3,48-95-63(89)76-45-72(24)38-54(36-69(19,20)42-72)34-57(83)80(66(11,12)13)28-31-92-59(85)51(4)5)49-96-64(90)77-46-73(25)40-55(39-70(21,22)43-73)78-61(87)81(67(14,15)16)29-32-93-60(86)52(6)7/h53-55H,2,4,6,26-49H2,1,3,5,7-25H3,(H,75,88)(H,76,89)(H,77,90)(H,78,87). The van der Waals surface area contributed by atoms with Crippen LogP contribution in [-0.4, -0.2) is 170 Å². The van der Waals surface area contributed by atoms with Crippen LogP contribution in [0.5, 0.6) is 0 Å². The molecule has 96 heavy (non-hydrogen) atoms. The molecule has 3 saturated carbocycles. The molecule has 0 aromatic heterocycles. The van der Waals surface area contributed by atoms with E-state index in [-0.39, 0.29) is 167 Å². The summed E-state index contributed by atoms with van der Waals surface area (Å²) < 4.78 is 34.1. The first-order valence-electron chi connectivity index (χ1n) is 34.6. The molecule has 0 aromatic carbocycles. The highest BCUT2D eigenvalue weighted by Gasteiger charge is 2.47. The van der Waals surface area contributed by atoms with Crippen LogP contribution >= 0.6 is 0 Å². The van der Waals surface area contributed by atoms with Crippen LogP contribution in [0.3, 0.4) is 0 Å². The number of ether oxygens (including phenoxy) is 6. The largest absolute Gasteiger partial charge is 0.460 e. The van der Waals surface area contributed by atoms with Gasteiger partial charge in [-0.05, 0) is 192 Å². The van der Waals surface area contributed by atoms with E-state index in [1.165, 1.54) is 0 Å². The highest BCUT2D eigenvalue weighted by atomic mass is 16.6. The lowest BCUT2D eigenvalue weighted by atomic mass is 9.60. The van der Waals surface area contributed by atoms with Gasteiger partial charge in [-0.25, -0.2) is 33.6 Å². The molecule has 22 nitrogen and oxygen atoms in total. The molecule has 0 bridgehead atoms. The maximum atomic E-state index is 14.1. The second kappa shape index (κ2) is 33.9. The summed E-state index contributed by atoms with van der Waals surface area (Å²) >= 11 is 0. The summed E-state index contributed by atoms with van der Waals surface area (Å²) in [4.78, 5) is 126. The maximum absolute atomic E-state index is 14.1. The number of hydrogen-bond donors (Lipinski definition) is 4. The van der Waals surface area contributed by atoms with Gasteiger partial charge in [0.1, 0.15) is 39.6 Å². The second-order valence-corrected chi connectivity index (χ2v) is 35.1. The number of amides is 7. The molecular weight excluding hydrogens is 1230 g/mol. The Morgan fingerprint density at radius 2 is 0.719 bits per heavy atom. The van der Waals surface area contributed by atoms with Crippen molar-refractivity contribution in [3.8, 4) is 0 Å². The van der Waals surface area contributed by atoms with Crippen LogP contribution in [0.4, 0.5) is 19.2 Å². The Kier molecular flexibility index (Phi) is 29.7. The van der Waals surface area contributed by atoms with E-state index in [0.717, 1.165) is 32.1 Å². The van der Waals surface area contributed by atoms with E-state index < -0.39 is 74.5 Å². The Balaban J connectivity index is 1.83. The predicted molar refractivity (Wildman–Crippen MR) is 373 cm³/mol. The first kappa shape index (κ1) is 83.9. The van der Waals surface area contributed by atoms with Crippen LogP contribution < -0.4 is 21.3 Å². The molecule has 0 radical (unpaired) electrons. The van der Waals surface area contributed by atoms with Crippen molar-refractivity contribution in [2.45, 2.75) is 252 Å². The summed E-state index contributed by atoms with van der Waals surface area (Å²) in [5, 5.41) is 12.2. The fourth-order valence-corrected chi connectivity index (χ4v) is 15.7. The number of esters is 3. The summed E-state index contributed by atoms with van der Waals surface area (Å²) in [7, 11) is 0. The Bertz CT molecular complexity index is 2480. The van der Waals surface area contributed by atoms with Crippen LogP contribution in [0.2, 0.25) is 0 Å². The van der Waals surface area contributed by atoms with Gasteiger partial charge in [0.2, 0.25) is 11.8 Å². The van der Waals surface area contributed by atoms with E-state index in [4.69, 9.17) is 28.4 Å². The van der Waals surface area contributed by atoms with Gasteiger partial charge in [-0.2, -0.15) is 0 Å². The van der Waals surface area contributed by atoms with Crippen molar-refractivity contribution in [1.82, 2.24) is 36.0 Å². The molecule has 3 aliphatic rings. The van der Waals surface area contributed by atoms with Gasteiger partial charge in [-0.15, -0.1) is 0 Å². The summed E-state index contributed by atoms with van der Waals surface area (Å²) in [6.45, 7) is 54.7. The maximum Gasteiger partial charge on any atom is 0.407 e. The van der Waals surface area contributed by atoms with Crippen LogP contribution in [0.25, 0.3) is 0 Å². The van der Waals surface area contributed by atoms with E-state index in [1.54, 1.807) is 35.5 Å². The Morgan fingerprint density at radius 1 is 0.427 bits per heavy atom. The molecule has 0 aliphatic heterocycles. The quantitative estimate of drug-likeness (QED) is 0.0296. The van der Waals surface area contributed by atoms with Crippen molar-refractivity contribution in [2.75, 3.05) is 78.9 Å². The summed E-state index contributed by atoms with van der Waals surface area (Å²) in [5.41, 5.74) is -3.98. The number of nitrogens with one attached hydrogen (secondary N) is 4. The van der Waals surface area contributed by atoms with Crippen molar-refractivity contribution >= 4 is 54.0 Å². The number of carbonyl (C=O) groups is 9. The van der Waals surface area contributed by atoms with Crippen LogP contribution in [0.15, 0.2) is 36.5 Å². The van der Waals surface area contributed by atoms with Crippen LogP contribution in [-0.2, 0) is 52.4 Å². The van der Waals surface area contributed by atoms with Crippen LogP contribution in [0.1, 0.15) is 229 Å². The second-order valence-electron chi connectivity index (χ2n) is 35.1. The Hall–Kier alpha value is -6.35. The number of carbonyl (C=O) groups excluding carboxylic acids is 9. The van der Waals surface area contributed by atoms with Crippen molar-refractivity contribution in [3.63, 3.8) is 0 Å². The highest BCUT2D eigenvalue weighted by molar-refractivity contribution is 5.88. The molecule has 0 spiro atoms. The third kappa shape index (κ3) is 28.2. The molecular formula is C74H127N7O15. The molecule has 4 N–H and O–H groups in total. The van der Waals surface area contributed by atoms with Gasteiger partial charge < -0.3 is 64.4 Å². The Labute approximate surface area is 576 Å². The molecule has 6 unspecified atom stereocenters. The monoisotopic (exact) mass is 1350 g/mol. The SMILES string of the molecule is C=C(C)C(=O)OCCN(C(=O)CC1CC(C)(C)CC(C)(CNC(=O)OCC(CC)(COC(=O)NCC2(C)CC(CC(=O)N(CCOC(=O)C(=C)C)C(C)(C)C)CC(C)(C)C2)COC(=O)NCC2(C)CC(NC(=O)N(CCOC(=O)C(=C)C)C(C)(C)C)CC(C)(C)C2)C1)C(C)(C)C. The van der Waals surface area contributed by atoms with Crippen LogP contribution in [0, 0.1) is 49.7 Å². The summed E-state index contributed by atoms with van der Waals surface area (Å²) in [5.74, 6) is -1.67. The zero-order valence-electron chi connectivity index (χ0n) is 63.3. The fraction of sp³-hybridized carbons (Fsp3) is 0.797. The minimum Gasteiger partial charge on any atom is -0.460 e. The molecule has 6 atom stereocenters. The number of alkyl carbamates (subject to hydrolysis) is 3. The van der Waals surface area contributed by atoms with E-state index >= 15 is 0 Å². The first-order valence-corrected chi connectivity index (χ1v) is 34.6. The normalized spacial score (nSPS) is 23.6. The fourth-order valence-electron chi connectivity index (χ4n) is 15.7. The molecule has 548 valence electrons. The molecule has 7 amide bonds. The topological polar surface area (TPSA) is 267 Å². The average molecular weight is 1350 g/mol. The van der Waals surface area contributed by atoms with Gasteiger partial charge >= 0.3 is 42.2 Å². The molecule has 0 saturated heterocycles. The zero-order valence-corrected chi connectivity index (χ0v) is 63.3. The summed E-state index contributed by atoms with van der Waals surface area (Å²) in [6, 6.07) is -0.557. The minimum absolute atomic E-state index is 0.00137. The van der Waals surface area contributed by atoms with E-state index in [2.05, 4.69) is 103 Å². The predicted octanol–water partition coefficient (Wildman–Crippen LogP) is 13.0.